The topological polar surface area (TPSA) is 43.4 Å². The predicted octanol–water partition coefficient (Wildman–Crippen LogP) is 6.54. The van der Waals surface area contributed by atoms with Crippen LogP contribution in [-0.4, -0.2) is 11.9 Å². The van der Waals surface area contributed by atoms with E-state index in [0.29, 0.717) is 0 Å². The van der Waals surface area contributed by atoms with Gasteiger partial charge in [0.1, 0.15) is 11.8 Å². The number of ether oxygens (including phenoxy) is 1. The Morgan fingerprint density at radius 1 is 0.400 bits per heavy atom. The van der Waals surface area contributed by atoms with E-state index in [9.17, 15) is 9.59 Å². The minimum Gasteiger partial charge on any atom is -0.392 e. The van der Waals surface area contributed by atoms with Gasteiger partial charge in [0, 0.05) is 0 Å². The monoisotopic (exact) mass is 454 g/mol. The molecule has 1 aliphatic heterocycles. The number of benzene rings is 4. The van der Waals surface area contributed by atoms with Crippen LogP contribution in [-0.2, 0) is 14.3 Å². The van der Waals surface area contributed by atoms with Gasteiger partial charge in [-0.15, -0.1) is 0 Å². The summed E-state index contributed by atoms with van der Waals surface area (Å²) in [5.74, 6) is -2.42. The molecule has 0 aromatic heterocycles. The lowest BCUT2D eigenvalue weighted by atomic mass is 9.66. The lowest BCUT2D eigenvalue weighted by molar-refractivity contribution is -0.153. The smallest absolute Gasteiger partial charge is 0.322 e. The van der Waals surface area contributed by atoms with Gasteiger partial charge in [-0.05, 0) is 44.5 Å². The third-order valence-corrected chi connectivity index (χ3v) is 6.75. The van der Waals surface area contributed by atoms with Crippen LogP contribution in [0, 0.1) is 11.8 Å². The van der Waals surface area contributed by atoms with Crippen LogP contribution in [0.5, 0.6) is 0 Å². The molecule has 0 amide bonds. The maximum absolute atomic E-state index is 13.3. The van der Waals surface area contributed by atoms with Crippen molar-refractivity contribution in [2.45, 2.75) is 0 Å². The van der Waals surface area contributed by atoms with E-state index in [-0.39, 0.29) is 0 Å². The molecule has 2 aliphatic rings. The minimum absolute atomic E-state index is 0.493. The van der Waals surface area contributed by atoms with Crippen LogP contribution in [0.2, 0.25) is 0 Å². The summed E-state index contributed by atoms with van der Waals surface area (Å²) in [6.07, 6.45) is 0. The molecule has 0 unspecified atom stereocenters. The van der Waals surface area contributed by atoms with Crippen molar-refractivity contribution >= 4 is 34.2 Å². The van der Waals surface area contributed by atoms with Crippen molar-refractivity contribution in [2.75, 3.05) is 0 Å². The molecule has 4 aromatic rings. The van der Waals surface area contributed by atoms with E-state index in [0.717, 1.165) is 44.5 Å². The van der Waals surface area contributed by atoms with E-state index in [2.05, 4.69) is 24.3 Å². The predicted molar refractivity (Wildman–Crippen MR) is 137 cm³/mol. The molecule has 0 spiro atoms. The van der Waals surface area contributed by atoms with E-state index in [1.807, 2.05) is 97.1 Å². The standard InChI is InChI=1S/C32H22O3/c33-31-29-27(23-17-9-3-10-18-23)25(21-13-5-1-6-14-21)26(22-15-7-2-8-16-22)28(30(29)32(34)35-31)24-19-11-4-12-20-24/h1-20,29-30H/t29-,30-/m0/s1. The van der Waals surface area contributed by atoms with E-state index in [4.69, 9.17) is 4.74 Å². The van der Waals surface area contributed by atoms with Crippen molar-refractivity contribution < 1.29 is 14.3 Å². The van der Waals surface area contributed by atoms with Gasteiger partial charge in [-0.3, -0.25) is 9.59 Å². The van der Waals surface area contributed by atoms with Crippen LogP contribution in [0.1, 0.15) is 22.3 Å². The molecule has 0 N–H and O–H groups in total. The van der Waals surface area contributed by atoms with Gasteiger partial charge in [0.25, 0.3) is 0 Å². The zero-order valence-corrected chi connectivity index (χ0v) is 18.9. The van der Waals surface area contributed by atoms with Gasteiger partial charge in [0.2, 0.25) is 0 Å². The maximum Gasteiger partial charge on any atom is 0.322 e. The average molecular weight is 455 g/mol. The van der Waals surface area contributed by atoms with Gasteiger partial charge >= 0.3 is 11.9 Å². The second kappa shape index (κ2) is 8.69. The Bertz CT molecular complexity index is 1350. The molecule has 1 fully saturated rings. The summed E-state index contributed by atoms with van der Waals surface area (Å²) in [6.45, 7) is 0. The number of allylic oxidation sites excluding steroid dienone is 2. The largest absolute Gasteiger partial charge is 0.392 e. The number of rotatable bonds is 4. The van der Waals surface area contributed by atoms with Crippen molar-refractivity contribution in [1.82, 2.24) is 0 Å². The minimum atomic E-state index is -0.720. The highest BCUT2D eigenvalue weighted by atomic mass is 16.6. The lowest BCUT2D eigenvalue weighted by Gasteiger charge is -2.33. The normalized spacial score (nSPS) is 19.5. The Morgan fingerprint density at radius 3 is 1.00 bits per heavy atom. The first-order valence-corrected chi connectivity index (χ1v) is 11.7. The van der Waals surface area contributed by atoms with Crippen LogP contribution in [0.25, 0.3) is 22.3 Å². The maximum atomic E-state index is 13.3. The van der Waals surface area contributed by atoms with E-state index in [1.54, 1.807) is 0 Å². The Hall–Kier alpha value is -4.50. The zero-order chi connectivity index (χ0) is 23.8. The molecule has 1 heterocycles. The van der Waals surface area contributed by atoms with E-state index >= 15 is 0 Å². The molecular weight excluding hydrogens is 432 g/mol. The Balaban J connectivity index is 1.81. The molecule has 1 aliphatic carbocycles. The van der Waals surface area contributed by atoms with Crippen LogP contribution in [0.15, 0.2) is 121 Å². The molecule has 3 heteroatoms. The molecule has 35 heavy (non-hydrogen) atoms. The summed E-state index contributed by atoms with van der Waals surface area (Å²) in [5.41, 5.74) is 7.37. The quantitative estimate of drug-likeness (QED) is 0.260. The highest BCUT2D eigenvalue weighted by Crippen LogP contribution is 2.56. The fraction of sp³-hybridized carbons (Fsp3) is 0.0625. The number of fused-ring (bicyclic) bond motifs is 1. The third-order valence-electron chi connectivity index (χ3n) is 6.75. The highest BCUT2D eigenvalue weighted by Gasteiger charge is 2.53. The van der Waals surface area contributed by atoms with Crippen LogP contribution < -0.4 is 0 Å². The van der Waals surface area contributed by atoms with Crippen LogP contribution in [0.4, 0.5) is 0 Å². The molecule has 168 valence electrons. The summed E-state index contributed by atoms with van der Waals surface area (Å²) in [5, 5.41) is 0. The number of carbonyl (C=O) groups excluding carboxylic acids is 2. The second-order valence-electron chi connectivity index (χ2n) is 8.74. The first-order valence-electron chi connectivity index (χ1n) is 11.7. The van der Waals surface area contributed by atoms with E-state index < -0.39 is 23.8 Å². The second-order valence-corrected chi connectivity index (χ2v) is 8.74. The van der Waals surface area contributed by atoms with Crippen molar-refractivity contribution in [1.29, 1.82) is 0 Å². The van der Waals surface area contributed by atoms with Gasteiger partial charge in [0.15, 0.2) is 0 Å². The summed E-state index contributed by atoms with van der Waals surface area (Å²) in [6, 6.07) is 40.0. The van der Waals surface area contributed by atoms with Crippen molar-refractivity contribution in [3.05, 3.63) is 144 Å². The highest BCUT2D eigenvalue weighted by molar-refractivity contribution is 6.30. The summed E-state index contributed by atoms with van der Waals surface area (Å²) < 4.78 is 5.33. The van der Waals surface area contributed by atoms with Gasteiger partial charge in [-0.2, -0.15) is 0 Å². The summed E-state index contributed by atoms with van der Waals surface area (Å²) >= 11 is 0. The van der Waals surface area contributed by atoms with Crippen molar-refractivity contribution in [2.24, 2.45) is 11.8 Å². The molecule has 0 radical (unpaired) electrons. The Kier molecular flexibility index (Phi) is 5.23. The number of hydrogen-bond donors (Lipinski definition) is 0. The number of esters is 2. The molecule has 1 saturated heterocycles. The van der Waals surface area contributed by atoms with Gasteiger partial charge in [0.05, 0.1) is 0 Å². The molecule has 2 atom stereocenters. The summed E-state index contributed by atoms with van der Waals surface area (Å²) in [7, 11) is 0. The zero-order valence-electron chi connectivity index (χ0n) is 18.9. The third kappa shape index (κ3) is 3.53. The fourth-order valence-corrected chi connectivity index (χ4v) is 5.34. The first kappa shape index (κ1) is 21.1. The van der Waals surface area contributed by atoms with Crippen molar-refractivity contribution in [3.8, 4) is 0 Å². The molecule has 0 saturated carbocycles. The molecule has 4 aromatic carbocycles. The van der Waals surface area contributed by atoms with Crippen LogP contribution >= 0.6 is 0 Å². The van der Waals surface area contributed by atoms with Crippen LogP contribution in [0.3, 0.4) is 0 Å². The number of hydrogen-bond acceptors (Lipinski definition) is 3. The fourth-order valence-electron chi connectivity index (χ4n) is 5.34. The van der Waals surface area contributed by atoms with Crippen molar-refractivity contribution in [3.63, 3.8) is 0 Å². The Labute approximate surface area is 204 Å². The average Bonchev–Trinajstić information content (AvgIpc) is 3.22. The van der Waals surface area contributed by atoms with Gasteiger partial charge < -0.3 is 4.74 Å². The van der Waals surface area contributed by atoms with Gasteiger partial charge in [-0.25, -0.2) is 0 Å². The SMILES string of the molecule is O=C1OC(=O)[C@H]2C(c3ccccc3)=C(c3ccccc3)C(c3ccccc3)=C(c3ccccc3)[C@H]12. The number of cyclic esters (lactones) is 2. The Morgan fingerprint density at radius 2 is 0.686 bits per heavy atom. The van der Waals surface area contributed by atoms with E-state index in [1.165, 1.54) is 0 Å². The lowest BCUT2D eigenvalue weighted by Crippen LogP contribution is -2.26. The molecule has 0 bridgehead atoms. The summed E-state index contributed by atoms with van der Waals surface area (Å²) in [4.78, 5) is 26.6. The molecule has 3 nitrogen and oxygen atoms in total. The van der Waals surface area contributed by atoms with Gasteiger partial charge in [-0.1, -0.05) is 121 Å². The first-order chi connectivity index (χ1) is 17.2. The number of carbonyl (C=O) groups is 2. The molecular formula is C32H22O3. The molecule has 6 rings (SSSR count).